The summed E-state index contributed by atoms with van der Waals surface area (Å²) in [6.45, 7) is 0.511. The second-order valence-corrected chi connectivity index (χ2v) is 4.80. The van der Waals surface area contributed by atoms with Crippen LogP contribution in [0, 0.1) is 0 Å². The lowest BCUT2D eigenvalue weighted by Gasteiger charge is -2.23. The summed E-state index contributed by atoms with van der Waals surface area (Å²) in [5.74, 6) is -1.11. The van der Waals surface area contributed by atoms with Crippen LogP contribution in [-0.4, -0.2) is 34.5 Å². The standard InChI is InChI=1S/C14H18N2O3/c15-11(10-5-2-1-3-6-10)9-13(17)16-8-4-7-12(16)14(18)19/h1-3,5-6,11-12H,4,7-9,15H2,(H,18,19)/t11?,12-/m1/s1. The van der Waals surface area contributed by atoms with Crippen LogP contribution in [0.3, 0.4) is 0 Å². The summed E-state index contributed by atoms with van der Waals surface area (Å²) < 4.78 is 0. The number of carboxylic acid groups (broad SMARTS) is 1. The Labute approximate surface area is 112 Å². The van der Waals surface area contributed by atoms with Gasteiger partial charge in [0.1, 0.15) is 6.04 Å². The maximum Gasteiger partial charge on any atom is 0.326 e. The first-order chi connectivity index (χ1) is 9.09. The van der Waals surface area contributed by atoms with E-state index in [0.29, 0.717) is 13.0 Å². The number of rotatable bonds is 4. The number of benzene rings is 1. The lowest BCUT2D eigenvalue weighted by molar-refractivity contribution is -0.148. The Kier molecular flexibility index (Phi) is 4.16. The molecule has 2 rings (SSSR count). The molecule has 1 aliphatic rings. The molecule has 0 spiro atoms. The number of nitrogens with zero attached hydrogens (tertiary/aromatic N) is 1. The first-order valence-corrected chi connectivity index (χ1v) is 6.42. The summed E-state index contributed by atoms with van der Waals surface area (Å²) >= 11 is 0. The molecule has 1 unspecified atom stereocenters. The third-order valence-electron chi connectivity index (χ3n) is 3.48. The Hall–Kier alpha value is -1.88. The van der Waals surface area contributed by atoms with Crippen molar-refractivity contribution in [3.63, 3.8) is 0 Å². The van der Waals surface area contributed by atoms with Crippen molar-refractivity contribution in [2.45, 2.75) is 31.3 Å². The lowest BCUT2D eigenvalue weighted by atomic mass is 10.0. The molecule has 1 fully saturated rings. The van der Waals surface area contributed by atoms with Crippen LogP contribution in [0.25, 0.3) is 0 Å². The van der Waals surface area contributed by atoms with Gasteiger partial charge in [0.15, 0.2) is 0 Å². The highest BCUT2D eigenvalue weighted by atomic mass is 16.4. The number of likely N-dealkylation sites (tertiary alicyclic amines) is 1. The van der Waals surface area contributed by atoms with E-state index in [4.69, 9.17) is 10.8 Å². The van der Waals surface area contributed by atoms with Crippen molar-refractivity contribution in [3.8, 4) is 0 Å². The zero-order valence-corrected chi connectivity index (χ0v) is 10.7. The van der Waals surface area contributed by atoms with Crippen molar-refractivity contribution in [2.75, 3.05) is 6.54 Å². The molecule has 0 bridgehead atoms. The normalized spacial score (nSPS) is 20.3. The quantitative estimate of drug-likeness (QED) is 0.852. The van der Waals surface area contributed by atoms with E-state index in [1.165, 1.54) is 4.90 Å². The predicted octanol–water partition coefficient (Wildman–Crippen LogP) is 1.15. The van der Waals surface area contributed by atoms with E-state index in [2.05, 4.69) is 0 Å². The number of nitrogens with two attached hydrogens (primary N) is 1. The number of hydrogen-bond acceptors (Lipinski definition) is 3. The summed E-state index contributed by atoms with van der Waals surface area (Å²) in [7, 11) is 0. The Morgan fingerprint density at radius 2 is 2.05 bits per heavy atom. The van der Waals surface area contributed by atoms with Crippen LogP contribution in [0.15, 0.2) is 30.3 Å². The molecule has 0 aromatic heterocycles. The molecule has 3 N–H and O–H groups in total. The molecule has 1 aromatic carbocycles. The molecule has 1 amide bonds. The number of carbonyl (C=O) groups is 2. The summed E-state index contributed by atoms with van der Waals surface area (Å²) in [6, 6.07) is 8.30. The van der Waals surface area contributed by atoms with Crippen molar-refractivity contribution in [1.29, 1.82) is 0 Å². The maximum atomic E-state index is 12.1. The Morgan fingerprint density at radius 3 is 2.68 bits per heavy atom. The van der Waals surface area contributed by atoms with Crippen molar-refractivity contribution >= 4 is 11.9 Å². The first kappa shape index (κ1) is 13.5. The van der Waals surface area contributed by atoms with Crippen LogP contribution in [0.4, 0.5) is 0 Å². The Bertz CT molecular complexity index is 461. The minimum absolute atomic E-state index is 0.147. The zero-order valence-electron chi connectivity index (χ0n) is 10.7. The number of aliphatic carboxylic acids is 1. The van der Waals surface area contributed by atoms with Gasteiger partial charge in [-0.25, -0.2) is 4.79 Å². The second-order valence-electron chi connectivity index (χ2n) is 4.80. The van der Waals surface area contributed by atoms with Gasteiger partial charge in [-0.3, -0.25) is 4.79 Å². The van der Waals surface area contributed by atoms with Gasteiger partial charge in [-0.15, -0.1) is 0 Å². The first-order valence-electron chi connectivity index (χ1n) is 6.42. The lowest BCUT2D eigenvalue weighted by Crippen LogP contribution is -2.41. The highest BCUT2D eigenvalue weighted by molar-refractivity contribution is 5.84. The number of carbonyl (C=O) groups excluding carboxylic acids is 1. The molecule has 1 heterocycles. The fourth-order valence-corrected chi connectivity index (χ4v) is 2.45. The number of amides is 1. The molecular formula is C14H18N2O3. The highest BCUT2D eigenvalue weighted by Crippen LogP contribution is 2.21. The van der Waals surface area contributed by atoms with E-state index in [1.807, 2.05) is 30.3 Å². The summed E-state index contributed by atoms with van der Waals surface area (Å²) in [6.07, 6.45) is 1.42. The molecule has 2 atom stereocenters. The van der Waals surface area contributed by atoms with Crippen molar-refractivity contribution in [3.05, 3.63) is 35.9 Å². The summed E-state index contributed by atoms with van der Waals surface area (Å²) in [4.78, 5) is 24.6. The van der Waals surface area contributed by atoms with E-state index < -0.39 is 12.0 Å². The summed E-state index contributed by atoms with van der Waals surface area (Å²) in [5, 5.41) is 9.06. The maximum absolute atomic E-state index is 12.1. The average molecular weight is 262 g/mol. The van der Waals surface area contributed by atoms with Crippen LogP contribution < -0.4 is 5.73 Å². The second kappa shape index (κ2) is 5.84. The van der Waals surface area contributed by atoms with Gasteiger partial charge in [0.05, 0.1) is 0 Å². The van der Waals surface area contributed by atoms with E-state index >= 15 is 0 Å². The molecule has 0 radical (unpaired) electrons. The fourth-order valence-electron chi connectivity index (χ4n) is 2.45. The van der Waals surface area contributed by atoms with Crippen LogP contribution in [0.5, 0.6) is 0 Å². The zero-order chi connectivity index (χ0) is 13.8. The Morgan fingerprint density at radius 1 is 1.37 bits per heavy atom. The molecule has 1 aromatic rings. The third-order valence-corrected chi connectivity index (χ3v) is 3.48. The van der Waals surface area contributed by atoms with Crippen LogP contribution >= 0.6 is 0 Å². The van der Waals surface area contributed by atoms with Crippen molar-refractivity contribution in [2.24, 2.45) is 5.73 Å². The molecule has 1 aliphatic heterocycles. The molecular weight excluding hydrogens is 244 g/mol. The monoisotopic (exact) mass is 262 g/mol. The van der Waals surface area contributed by atoms with Gasteiger partial charge in [-0.1, -0.05) is 30.3 Å². The molecule has 5 heteroatoms. The molecule has 1 saturated heterocycles. The average Bonchev–Trinajstić information content (AvgIpc) is 2.89. The van der Waals surface area contributed by atoms with Crippen LogP contribution in [0.2, 0.25) is 0 Å². The Balaban J connectivity index is 1.99. The van der Waals surface area contributed by atoms with Crippen LogP contribution in [-0.2, 0) is 9.59 Å². The third kappa shape index (κ3) is 3.12. The van der Waals surface area contributed by atoms with Crippen molar-refractivity contribution in [1.82, 2.24) is 4.90 Å². The van der Waals surface area contributed by atoms with Crippen molar-refractivity contribution < 1.29 is 14.7 Å². The fraction of sp³-hybridized carbons (Fsp3) is 0.429. The van der Waals surface area contributed by atoms with Gasteiger partial charge >= 0.3 is 5.97 Å². The van der Waals surface area contributed by atoms with Crippen LogP contribution in [0.1, 0.15) is 30.9 Å². The SMILES string of the molecule is NC(CC(=O)N1CCC[C@@H]1C(=O)O)c1ccccc1. The van der Waals surface area contributed by atoms with E-state index in [0.717, 1.165) is 12.0 Å². The van der Waals surface area contributed by atoms with Gasteiger partial charge in [-0.2, -0.15) is 0 Å². The molecule has 0 aliphatic carbocycles. The smallest absolute Gasteiger partial charge is 0.326 e. The van der Waals surface area contributed by atoms with Gasteiger partial charge in [0, 0.05) is 19.0 Å². The predicted molar refractivity (Wildman–Crippen MR) is 70.4 cm³/mol. The topological polar surface area (TPSA) is 83.6 Å². The molecule has 5 nitrogen and oxygen atoms in total. The van der Waals surface area contributed by atoms with E-state index in [-0.39, 0.29) is 18.4 Å². The van der Waals surface area contributed by atoms with E-state index in [9.17, 15) is 9.59 Å². The highest BCUT2D eigenvalue weighted by Gasteiger charge is 2.34. The number of hydrogen-bond donors (Lipinski definition) is 2. The molecule has 19 heavy (non-hydrogen) atoms. The minimum Gasteiger partial charge on any atom is -0.480 e. The minimum atomic E-state index is -0.931. The van der Waals surface area contributed by atoms with Gasteiger partial charge in [-0.05, 0) is 18.4 Å². The molecule has 0 saturated carbocycles. The summed E-state index contributed by atoms with van der Waals surface area (Å²) in [5.41, 5.74) is 6.88. The number of carboxylic acids is 1. The van der Waals surface area contributed by atoms with Gasteiger partial charge < -0.3 is 15.7 Å². The molecule has 102 valence electrons. The van der Waals surface area contributed by atoms with E-state index in [1.54, 1.807) is 0 Å². The largest absolute Gasteiger partial charge is 0.480 e. The van der Waals surface area contributed by atoms with Gasteiger partial charge in [0.25, 0.3) is 0 Å². The van der Waals surface area contributed by atoms with Gasteiger partial charge in [0.2, 0.25) is 5.91 Å².